The van der Waals surface area contributed by atoms with Crippen molar-refractivity contribution in [3.8, 4) is 28.3 Å². The number of fused-ring (bicyclic) bond motifs is 1. The molecule has 0 spiro atoms. The summed E-state index contributed by atoms with van der Waals surface area (Å²) < 4.78 is 5.21. The topological polar surface area (TPSA) is 63.7 Å². The number of pyridine rings is 1. The van der Waals surface area contributed by atoms with Gasteiger partial charge in [0.1, 0.15) is 17.1 Å². The van der Waals surface area contributed by atoms with Gasteiger partial charge in [-0.2, -0.15) is 15.4 Å². The van der Waals surface area contributed by atoms with Crippen molar-refractivity contribution in [1.82, 2.24) is 20.4 Å². The molecule has 0 bridgehead atoms. The molecule has 0 saturated heterocycles. The van der Waals surface area contributed by atoms with Crippen molar-refractivity contribution in [3.05, 3.63) is 60.8 Å². The van der Waals surface area contributed by atoms with Gasteiger partial charge in [-0.05, 0) is 36.4 Å². The normalized spacial score (nSPS) is 10.8. The lowest BCUT2D eigenvalue weighted by molar-refractivity contribution is 0.415. The van der Waals surface area contributed by atoms with E-state index in [1.54, 1.807) is 13.3 Å². The van der Waals surface area contributed by atoms with E-state index in [2.05, 4.69) is 20.4 Å². The highest BCUT2D eigenvalue weighted by molar-refractivity contribution is 5.96. The molecule has 5 nitrogen and oxygen atoms in total. The zero-order valence-electron chi connectivity index (χ0n) is 12.5. The van der Waals surface area contributed by atoms with Crippen molar-refractivity contribution in [2.45, 2.75) is 0 Å². The molecule has 2 heterocycles. The zero-order valence-corrected chi connectivity index (χ0v) is 12.5. The number of rotatable bonds is 3. The molecule has 0 atom stereocenters. The lowest BCUT2D eigenvalue weighted by Crippen LogP contribution is -1.88. The first-order valence-corrected chi connectivity index (χ1v) is 7.26. The van der Waals surface area contributed by atoms with E-state index >= 15 is 0 Å². The van der Waals surface area contributed by atoms with Crippen LogP contribution in [-0.4, -0.2) is 27.5 Å². The van der Waals surface area contributed by atoms with Crippen LogP contribution in [0, 0.1) is 0 Å². The molecule has 0 aliphatic heterocycles. The van der Waals surface area contributed by atoms with Crippen molar-refractivity contribution >= 4 is 10.9 Å². The van der Waals surface area contributed by atoms with Crippen LogP contribution < -0.4 is 4.74 Å². The third-order valence-electron chi connectivity index (χ3n) is 3.82. The second-order valence-corrected chi connectivity index (χ2v) is 5.12. The van der Waals surface area contributed by atoms with Crippen molar-refractivity contribution in [2.24, 2.45) is 0 Å². The molecule has 0 amide bonds. The van der Waals surface area contributed by atoms with Gasteiger partial charge in [-0.1, -0.05) is 18.2 Å². The maximum atomic E-state index is 5.21. The molecule has 2 aromatic carbocycles. The Balaban J connectivity index is 1.88. The molecule has 1 N–H and O–H groups in total. The number of ether oxygens (including phenoxy) is 1. The maximum absolute atomic E-state index is 5.21. The van der Waals surface area contributed by atoms with Gasteiger partial charge in [-0.3, -0.25) is 4.98 Å². The predicted molar refractivity (Wildman–Crippen MR) is 89.1 cm³/mol. The van der Waals surface area contributed by atoms with Crippen LogP contribution in [0.3, 0.4) is 0 Å². The molecule has 0 aliphatic rings. The van der Waals surface area contributed by atoms with Crippen LogP contribution in [-0.2, 0) is 0 Å². The second kappa shape index (κ2) is 5.53. The van der Waals surface area contributed by atoms with E-state index in [9.17, 15) is 0 Å². The minimum atomic E-state index is 0.809. The van der Waals surface area contributed by atoms with E-state index < -0.39 is 0 Å². The fourth-order valence-corrected chi connectivity index (χ4v) is 2.67. The van der Waals surface area contributed by atoms with Gasteiger partial charge in [0.05, 0.1) is 12.6 Å². The van der Waals surface area contributed by atoms with Crippen molar-refractivity contribution < 1.29 is 4.74 Å². The molecule has 0 unspecified atom stereocenters. The lowest BCUT2D eigenvalue weighted by atomic mass is 10.0. The van der Waals surface area contributed by atoms with Crippen molar-refractivity contribution in [1.29, 1.82) is 0 Å². The Kier molecular flexibility index (Phi) is 3.24. The highest BCUT2D eigenvalue weighted by atomic mass is 16.5. The van der Waals surface area contributed by atoms with Gasteiger partial charge in [-0.15, -0.1) is 0 Å². The number of hydrogen-bond donors (Lipinski definition) is 1. The van der Waals surface area contributed by atoms with Crippen molar-refractivity contribution in [3.63, 3.8) is 0 Å². The first-order valence-electron chi connectivity index (χ1n) is 7.26. The number of aromatic amines is 1. The molecule has 0 radical (unpaired) electrons. The first kappa shape index (κ1) is 13.5. The average Bonchev–Trinajstić information content (AvgIpc) is 3.11. The fraction of sp³-hybridized carbons (Fsp3) is 0.0556. The van der Waals surface area contributed by atoms with Gasteiger partial charge in [-0.25, -0.2) is 0 Å². The fourth-order valence-electron chi connectivity index (χ4n) is 2.67. The number of nitrogens with zero attached hydrogens (tertiary/aromatic N) is 3. The smallest absolute Gasteiger partial charge is 0.121 e. The van der Waals surface area contributed by atoms with Crippen LogP contribution in [0.15, 0.2) is 60.8 Å². The van der Waals surface area contributed by atoms with Crippen LogP contribution >= 0.6 is 0 Å². The second-order valence-electron chi connectivity index (χ2n) is 5.12. The van der Waals surface area contributed by atoms with Gasteiger partial charge in [0.25, 0.3) is 0 Å². The Labute approximate surface area is 133 Å². The number of methoxy groups -OCH3 is 1. The largest absolute Gasteiger partial charge is 0.497 e. The Hall–Kier alpha value is -3.21. The minimum absolute atomic E-state index is 0.809. The van der Waals surface area contributed by atoms with E-state index in [1.165, 1.54) is 0 Å². The number of benzene rings is 2. The molecule has 0 fully saturated rings. The molecular formula is C18H14N4O. The summed E-state index contributed by atoms with van der Waals surface area (Å²) in [6.07, 6.45) is 1.80. The summed E-state index contributed by atoms with van der Waals surface area (Å²) in [5, 5.41) is 12.5. The molecule has 112 valence electrons. The number of hydrogen-bond acceptors (Lipinski definition) is 4. The highest BCUT2D eigenvalue weighted by Gasteiger charge is 2.15. The predicted octanol–water partition coefficient (Wildman–Crippen LogP) is 3.70. The SMILES string of the molecule is COc1ccc(-c2n[nH]nc2-c2ccnc3ccccc23)cc1. The lowest BCUT2D eigenvalue weighted by Gasteiger charge is -2.06. The molecule has 2 aromatic heterocycles. The average molecular weight is 302 g/mol. The Morgan fingerprint density at radius 1 is 0.870 bits per heavy atom. The maximum Gasteiger partial charge on any atom is 0.121 e. The van der Waals surface area contributed by atoms with Gasteiger partial charge in [0.2, 0.25) is 0 Å². The van der Waals surface area contributed by atoms with Gasteiger partial charge < -0.3 is 4.74 Å². The summed E-state index contributed by atoms with van der Waals surface area (Å²) in [6, 6.07) is 17.8. The Morgan fingerprint density at radius 3 is 2.48 bits per heavy atom. The Morgan fingerprint density at radius 2 is 1.65 bits per heavy atom. The van der Waals surface area contributed by atoms with Crippen LogP contribution in [0.4, 0.5) is 0 Å². The van der Waals surface area contributed by atoms with Crippen LogP contribution in [0.2, 0.25) is 0 Å². The van der Waals surface area contributed by atoms with E-state index in [-0.39, 0.29) is 0 Å². The first-order chi connectivity index (χ1) is 11.4. The standard InChI is InChI=1S/C18H14N4O/c1-23-13-8-6-12(7-9-13)17-18(21-22-20-17)15-10-11-19-16-5-3-2-4-14(15)16/h2-11H,1H3,(H,20,21,22). The minimum Gasteiger partial charge on any atom is -0.497 e. The molecule has 4 rings (SSSR count). The van der Waals surface area contributed by atoms with E-state index in [4.69, 9.17) is 4.74 Å². The molecule has 4 aromatic rings. The van der Waals surface area contributed by atoms with Crippen LogP contribution in [0.25, 0.3) is 33.4 Å². The Bertz CT molecular complexity index is 955. The molecule has 0 saturated carbocycles. The molecule has 23 heavy (non-hydrogen) atoms. The number of aromatic nitrogens is 4. The third kappa shape index (κ3) is 2.32. The summed E-state index contributed by atoms with van der Waals surface area (Å²) in [7, 11) is 1.65. The summed E-state index contributed by atoms with van der Waals surface area (Å²) in [5.74, 6) is 0.813. The van der Waals surface area contributed by atoms with Gasteiger partial charge in [0.15, 0.2) is 0 Å². The van der Waals surface area contributed by atoms with Gasteiger partial charge in [0, 0.05) is 22.7 Å². The van der Waals surface area contributed by atoms with Crippen LogP contribution in [0.5, 0.6) is 5.75 Å². The molecule has 5 heteroatoms. The molecular weight excluding hydrogens is 288 g/mol. The summed E-state index contributed by atoms with van der Waals surface area (Å²) >= 11 is 0. The van der Waals surface area contributed by atoms with Gasteiger partial charge >= 0.3 is 0 Å². The number of para-hydroxylation sites is 1. The highest BCUT2D eigenvalue weighted by Crippen LogP contribution is 2.32. The van der Waals surface area contributed by atoms with Crippen molar-refractivity contribution in [2.75, 3.05) is 7.11 Å². The van der Waals surface area contributed by atoms with Crippen LogP contribution in [0.1, 0.15) is 0 Å². The third-order valence-corrected chi connectivity index (χ3v) is 3.82. The number of H-pyrrole nitrogens is 1. The monoisotopic (exact) mass is 302 g/mol. The number of nitrogens with one attached hydrogen (secondary N) is 1. The summed E-state index contributed by atoms with van der Waals surface area (Å²) in [4.78, 5) is 4.40. The van der Waals surface area contributed by atoms with E-state index in [0.717, 1.165) is 39.2 Å². The summed E-state index contributed by atoms with van der Waals surface area (Å²) in [5.41, 5.74) is 4.55. The zero-order chi connectivity index (χ0) is 15.6. The van der Waals surface area contributed by atoms with E-state index in [0.29, 0.717) is 0 Å². The quantitative estimate of drug-likeness (QED) is 0.627. The summed E-state index contributed by atoms with van der Waals surface area (Å²) in [6.45, 7) is 0. The van der Waals surface area contributed by atoms with E-state index in [1.807, 2.05) is 54.6 Å². The molecule has 0 aliphatic carbocycles.